The van der Waals surface area contributed by atoms with Crippen molar-refractivity contribution in [2.45, 2.75) is 13.0 Å². The highest BCUT2D eigenvalue weighted by Crippen LogP contribution is 2.07. The molecular weight excluding hydrogens is 194 g/mol. The van der Waals surface area contributed by atoms with E-state index in [1.807, 2.05) is 6.07 Å². The number of hydrogen-bond donors (Lipinski definition) is 2. The van der Waals surface area contributed by atoms with Crippen LogP contribution in [0, 0.1) is 0 Å². The Morgan fingerprint density at radius 2 is 2.20 bits per heavy atom. The summed E-state index contributed by atoms with van der Waals surface area (Å²) < 4.78 is 4.89. The molecule has 0 aliphatic rings. The van der Waals surface area contributed by atoms with Crippen LogP contribution < -0.4 is 15.9 Å². The largest absolute Gasteiger partial charge is 0.433 e. The molecule has 3 N–H and O–H groups in total. The topological polar surface area (TPSA) is 76.7 Å². The van der Waals surface area contributed by atoms with Gasteiger partial charge in [0.2, 0.25) is 0 Å². The summed E-state index contributed by atoms with van der Waals surface area (Å²) in [5.41, 5.74) is 7.58. The van der Waals surface area contributed by atoms with E-state index in [4.69, 9.17) is 10.5 Å². The molecule has 15 heavy (non-hydrogen) atoms. The van der Waals surface area contributed by atoms with Crippen molar-refractivity contribution in [2.75, 3.05) is 0 Å². The second-order valence-electron chi connectivity index (χ2n) is 2.95. The van der Waals surface area contributed by atoms with Crippen molar-refractivity contribution >= 4 is 12.3 Å². The number of benzene rings is 1. The summed E-state index contributed by atoms with van der Waals surface area (Å²) in [5, 5.41) is 3.59. The van der Waals surface area contributed by atoms with E-state index in [-0.39, 0.29) is 6.04 Å². The SMILES string of the molecule is CC(N)/C=N/NC(=O)Oc1ccccc1. The highest BCUT2D eigenvalue weighted by atomic mass is 16.6. The normalized spacial score (nSPS) is 12.4. The maximum absolute atomic E-state index is 11.1. The lowest BCUT2D eigenvalue weighted by Crippen LogP contribution is -2.24. The molecule has 1 unspecified atom stereocenters. The van der Waals surface area contributed by atoms with Gasteiger partial charge in [-0.2, -0.15) is 5.10 Å². The maximum atomic E-state index is 11.1. The standard InChI is InChI=1S/C10H13N3O2/c1-8(11)7-12-13-10(14)15-9-5-3-2-4-6-9/h2-8H,11H2,1H3,(H,13,14)/b12-7+. The number of nitrogens with zero attached hydrogens (tertiary/aromatic N) is 1. The maximum Gasteiger partial charge on any atom is 0.433 e. The molecule has 0 saturated heterocycles. The smallest absolute Gasteiger partial charge is 0.409 e. The third-order valence-corrected chi connectivity index (χ3v) is 1.42. The van der Waals surface area contributed by atoms with Gasteiger partial charge in [0, 0.05) is 12.3 Å². The fourth-order valence-corrected chi connectivity index (χ4v) is 0.826. The minimum absolute atomic E-state index is 0.206. The van der Waals surface area contributed by atoms with Crippen LogP contribution in [0.5, 0.6) is 5.75 Å². The Hall–Kier alpha value is -1.88. The summed E-state index contributed by atoms with van der Waals surface area (Å²) in [5.74, 6) is 0.464. The van der Waals surface area contributed by atoms with E-state index in [2.05, 4.69) is 10.5 Å². The molecule has 0 fully saturated rings. The molecule has 0 spiro atoms. The number of hydrogen-bond acceptors (Lipinski definition) is 4. The van der Waals surface area contributed by atoms with Gasteiger partial charge in [0.05, 0.1) is 0 Å². The Morgan fingerprint density at radius 1 is 1.53 bits per heavy atom. The van der Waals surface area contributed by atoms with Gasteiger partial charge in [0.1, 0.15) is 5.75 Å². The van der Waals surface area contributed by atoms with Gasteiger partial charge >= 0.3 is 6.09 Å². The zero-order valence-electron chi connectivity index (χ0n) is 8.38. The highest BCUT2D eigenvalue weighted by molar-refractivity contribution is 5.72. The fourth-order valence-electron chi connectivity index (χ4n) is 0.826. The van der Waals surface area contributed by atoms with Crippen LogP contribution in [0.3, 0.4) is 0 Å². The molecule has 1 aromatic carbocycles. The van der Waals surface area contributed by atoms with Crippen LogP contribution in [-0.2, 0) is 0 Å². The van der Waals surface area contributed by atoms with Crippen LogP contribution in [0.2, 0.25) is 0 Å². The number of carbonyl (C=O) groups is 1. The van der Waals surface area contributed by atoms with Crippen LogP contribution in [0.25, 0.3) is 0 Å². The molecule has 1 amide bonds. The number of carbonyl (C=O) groups excluding carboxylic acids is 1. The Balaban J connectivity index is 2.37. The lowest BCUT2D eigenvalue weighted by Gasteiger charge is -2.02. The summed E-state index contributed by atoms with van der Waals surface area (Å²) in [4.78, 5) is 11.1. The number of hydrazone groups is 1. The van der Waals surface area contributed by atoms with Crippen LogP contribution >= 0.6 is 0 Å². The summed E-state index contributed by atoms with van der Waals surface area (Å²) in [6, 6.07) is 8.52. The molecule has 5 heteroatoms. The van der Waals surface area contributed by atoms with Crippen molar-refractivity contribution in [3.8, 4) is 5.75 Å². The molecule has 0 aliphatic carbocycles. The average Bonchev–Trinajstić information content (AvgIpc) is 2.18. The lowest BCUT2D eigenvalue weighted by atomic mass is 10.3. The van der Waals surface area contributed by atoms with Crippen LogP contribution in [0.15, 0.2) is 35.4 Å². The first-order valence-electron chi connectivity index (χ1n) is 4.50. The molecule has 0 bridgehead atoms. The highest BCUT2D eigenvalue weighted by Gasteiger charge is 2.00. The third kappa shape index (κ3) is 4.78. The van der Waals surface area contributed by atoms with E-state index < -0.39 is 6.09 Å². The van der Waals surface area contributed by atoms with Gasteiger partial charge in [-0.05, 0) is 19.1 Å². The molecule has 0 saturated carbocycles. The molecule has 1 rings (SSSR count). The van der Waals surface area contributed by atoms with Gasteiger partial charge < -0.3 is 10.5 Å². The molecular formula is C10H13N3O2. The Kier molecular flexibility index (Phi) is 4.30. The first-order valence-corrected chi connectivity index (χ1v) is 4.50. The number of nitrogens with one attached hydrogen (secondary N) is 1. The second-order valence-corrected chi connectivity index (χ2v) is 2.95. The van der Waals surface area contributed by atoms with Crippen molar-refractivity contribution in [3.05, 3.63) is 30.3 Å². The number of rotatable bonds is 3. The van der Waals surface area contributed by atoms with Crippen molar-refractivity contribution in [2.24, 2.45) is 10.8 Å². The van der Waals surface area contributed by atoms with Crippen LogP contribution in [0.4, 0.5) is 4.79 Å². The third-order valence-electron chi connectivity index (χ3n) is 1.42. The van der Waals surface area contributed by atoms with Gasteiger partial charge in [-0.15, -0.1) is 0 Å². The lowest BCUT2D eigenvalue weighted by molar-refractivity contribution is 0.201. The first-order chi connectivity index (χ1) is 7.18. The summed E-state index contributed by atoms with van der Waals surface area (Å²) in [7, 11) is 0. The van der Waals surface area contributed by atoms with Gasteiger partial charge in [0.25, 0.3) is 0 Å². The minimum atomic E-state index is -0.641. The number of nitrogens with two attached hydrogens (primary N) is 1. The average molecular weight is 207 g/mol. The van der Waals surface area contributed by atoms with Gasteiger partial charge in [-0.25, -0.2) is 10.2 Å². The molecule has 1 atom stereocenters. The van der Waals surface area contributed by atoms with Gasteiger partial charge in [0.15, 0.2) is 0 Å². The van der Waals surface area contributed by atoms with Crippen molar-refractivity contribution in [1.82, 2.24) is 5.43 Å². The van der Waals surface area contributed by atoms with E-state index in [0.717, 1.165) is 0 Å². The Labute approximate surface area is 87.9 Å². The molecule has 0 radical (unpaired) electrons. The molecule has 0 aromatic heterocycles. The van der Waals surface area contributed by atoms with E-state index in [1.54, 1.807) is 31.2 Å². The van der Waals surface area contributed by atoms with E-state index in [0.29, 0.717) is 5.75 Å². The molecule has 80 valence electrons. The summed E-state index contributed by atoms with van der Waals surface area (Å²) >= 11 is 0. The molecule has 0 aliphatic heterocycles. The first kappa shape index (κ1) is 11.2. The zero-order valence-corrected chi connectivity index (χ0v) is 8.38. The Morgan fingerprint density at radius 3 is 2.80 bits per heavy atom. The van der Waals surface area contributed by atoms with Crippen molar-refractivity contribution in [3.63, 3.8) is 0 Å². The second kappa shape index (κ2) is 5.77. The monoisotopic (exact) mass is 207 g/mol. The predicted molar refractivity (Wildman–Crippen MR) is 57.7 cm³/mol. The molecule has 0 heterocycles. The van der Waals surface area contributed by atoms with Gasteiger partial charge in [-0.3, -0.25) is 0 Å². The quantitative estimate of drug-likeness (QED) is 0.575. The van der Waals surface area contributed by atoms with E-state index in [9.17, 15) is 4.79 Å². The van der Waals surface area contributed by atoms with Gasteiger partial charge in [-0.1, -0.05) is 18.2 Å². The summed E-state index contributed by atoms with van der Waals surface area (Å²) in [6.07, 6.45) is 0.768. The van der Waals surface area contributed by atoms with E-state index in [1.165, 1.54) is 6.21 Å². The molecule has 1 aromatic rings. The number of para-hydroxylation sites is 1. The number of amides is 1. The van der Waals surface area contributed by atoms with E-state index >= 15 is 0 Å². The zero-order chi connectivity index (χ0) is 11.1. The van der Waals surface area contributed by atoms with Crippen LogP contribution in [0.1, 0.15) is 6.92 Å². The fraction of sp³-hybridized carbons (Fsp3) is 0.200. The predicted octanol–water partition coefficient (Wildman–Crippen LogP) is 1.11. The Bertz CT molecular complexity index is 336. The molecule has 5 nitrogen and oxygen atoms in total. The van der Waals surface area contributed by atoms with Crippen molar-refractivity contribution < 1.29 is 9.53 Å². The van der Waals surface area contributed by atoms with Crippen LogP contribution in [-0.4, -0.2) is 18.3 Å². The number of ether oxygens (including phenoxy) is 1. The minimum Gasteiger partial charge on any atom is -0.409 e. The summed E-state index contributed by atoms with van der Waals surface area (Å²) in [6.45, 7) is 1.74. The van der Waals surface area contributed by atoms with Crippen molar-refractivity contribution in [1.29, 1.82) is 0 Å².